The van der Waals surface area contributed by atoms with Gasteiger partial charge in [-0.15, -0.1) is 0 Å². The van der Waals surface area contributed by atoms with Crippen LogP contribution in [-0.4, -0.2) is 59.8 Å². The van der Waals surface area contributed by atoms with Crippen LogP contribution < -0.4 is 14.8 Å². The molecule has 0 bridgehead atoms. The Labute approximate surface area is 138 Å². The molecule has 0 aromatic heterocycles. The smallest absolute Gasteiger partial charge is 0.208 e. The molecule has 0 saturated carbocycles. The number of aliphatic imine (C=N–C) groups is 1. The van der Waals surface area contributed by atoms with Gasteiger partial charge in [-0.1, -0.05) is 12.1 Å². The van der Waals surface area contributed by atoms with E-state index in [9.17, 15) is 8.42 Å². The second-order valence-electron chi connectivity index (χ2n) is 5.20. The Morgan fingerprint density at radius 1 is 1.26 bits per heavy atom. The van der Waals surface area contributed by atoms with Gasteiger partial charge in [0.1, 0.15) is 5.75 Å². The maximum Gasteiger partial charge on any atom is 0.208 e. The highest BCUT2D eigenvalue weighted by Gasteiger charge is 2.06. The Morgan fingerprint density at radius 3 is 2.43 bits per heavy atom. The Balaban J connectivity index is 2.41. The van der Waals surface area contributed by atoms with Crippen LogP contribution in [0.3, 0.4) is 0 Å². The SMILES string of the molecule is CN=C(NCCCNS(C)(=O)=O)N(C)Cc1ccc(OC)cc1. The molecule has 0 atom stereocenters. The molecule has 0 amide bonds. The minimum absolute atomic E-state index is 0.408. The summed E-state index contributed by atoms with van der Waals surface area (Å²) in [5, 5.41) is 3.21. The van der Waals surface area contributed by atoms with Gasteiger partial charge in [0, 0.05) is 33.7 Å². The zero-order valence-corrected chi connectivity index (χ0v) is 15.0. The van der Waals surface area contributed by atoms with Crippen molar-refractivity contribution in [3.63, 3.8) is 0 Å². The molecule has 0 fully saturated rings. The molecule has 1 aromatic rings. The quantitative estimate of drug-likeness (QED) is 0.412. The van der Waals surface area contributed by atoms with Crippen molar-refractivity contribution in [1.29, 1.82) is 0 Å². The van der Waals surface area contributed by atoms with Gasteiger partial charge in [-0.25, -0.2) is 13.1 Å². The van der Waals surface area contributed by atoms with Gasteiger partial charge in [0.2, 0.25) is 10.0 Å². The fraction of sp³-hybridized carbons (Fsp3) is 0.533. The van der Waals surface area contributed by atoms with Gasteiger partial charge in [0.15, 0.2) is 5.96 Å². The number of ether oxygens (including phenoxy) is 1. The highest BCUT2D eigenvalue weighted by Crippen LogP contribution is 2.12. The highest BCUT2D eigenvalue weighted by molar-refractivity contribution is 7.88. The zero-order valence-electron chi connectivity index (χ0n) is 14.2. The fourth-order valence-corrected chi connectivity index (χ4v) is 2.53. The maximum absolute atomic E-state index is 11.0. The first-order chi connectivity index (χ1) is 10.9. The number of methoxy groups -OCH3 is 1. The maximum atomic E-state index is 11.0. The lowest BCUT2D eigenvalue weighted by molar-refractivity contribution is 0.414. The lowest BCUT2D eigenvalue weighted by atomic mass is 10.2. The van der Waals surface area contributed by atoms with Crippen LogP contribution in [0.15, 0.2) is 29.3 Å². The van der Waals surface area contributed by atoms with Gasteiger partial charge < -0.3 is 15.0 Å². The largest absolute Gasteiger partial charge is 0.497 e. The predicted molar refractivity (Wildman–Crippen MR) is 93.3 cm³/mol. The molecule has 2 N–H and O–H groups in total. The summed E-state index contributed by atoms with van der Waals surface area (Å²) in [6.45, 7) is 1.76. The van der Waals surface area contributed by atoms with Crippen molar-refractivity contribution in [3.8, 4) is 5.75 Å². The van der Waals surface area contributed by atoms with Gasteiger partial charge in [0.05, 0.1) is 13.4 Å². The van der Waals surface area contributed by atoms with E-state index in [4.69, 9.17) is 4.74 Å². The van der Waals surface area contributed by atoms with E-state index in [2.05, 4.69) is 15.0 Å². The predicted octanol–water partition coefficient (Wildman–Crippen LogP) is 0.642. The fourth-order valence-electron chi connectivity index (χ4n) is 2.01. The number of sulfonamides is 1. The van der Waals surface area contributed by atoms with Crippen molar-refractivity contribution in [3.05, 3.63) is 29.8 Å². The van der Waals surface area contributed by atoms with E-state index >= 15 is 0 Å². The van der Waals surface area contributed by atoms with E-state index in [1.165, 1.54) is 0 Å². The second-order valence-corrected chi connectivity index (χ2v) is 7.03. The molecule has 8 heteroatoms. The van der Waals surface area contributed by atoms with E-state index in [0.717, 1.165) is 23.5 Å². The molecule has 23 heavy (non-hydrogen) atoms. The summed E-state index contributed by atoms with van der Waals surface area (Å²) in [5.74, 6) is 1.59. The number of benzene rings is 1. The van der Waals surface area contributed by atoms with Gasteiger partial charge in [0.25, 0.3) is 0 Å². The summed E-state index contributed by atoms with van der Waals surface area (Å²) in [7, 11) is 2.20. The third-order valence-electron chi connectivity index (χ3n) is 3.15. The van der Waals surface area contributed by atoms with Gasteiger partial charge in [-0.2, -0.15) is 0 Å². The number of rotatable bonds is 8. The molecular weight excluding hydrogens is 316 g/mol. The molecule has 0 aliphatic rings. The lowest BCUT2D eigenvalue weighted by Crippen LogP contribution is -2.39. The molecule has 130 valence electrons. The monoisotopic (exact) mass is 342 g/mol. The summed E-state index contributed by atoms with van der Waals surface area (Å²) >= 11 is 0. The van der Waals surface area contributed by atoms with Crippen molar-refractivity contribution >= 4 is 16.0 Å². The normalized spacial score (nSPS) is 12.1. The molecule has 0 heterocycles. The summed E-state index contributed by atoms with van der Waals surface area (Å²) in [6, 6.07) is 7.88. The van der Waals surface area contributed by atoms with E-state index in [-0.39, 0.29) is 0 Å². The Morgan fingerprint density at radius 2 is 1.91 bits per heavy atom. The van der Waals surface area contributed by atoms with Crippen molar-refractivity contribution in [2.24, 2.45) is 4.99 Å². The van der Waals surface area contributed by atoms with Crippen LogP contribution in [-0.2, 0) is 16.6 Å². The molecule has 0 spiro atoms. The first-order valence-corrected chi connectivity index (χ1v) is 9.24. The lowest BCUT2D eigenvalue weighted by Gasteiger charge is -2.22. The summed E-state index contributed by atoms with van der Waals surface area (Å²) < 4.78 is 29.5. The molecule has 1 rings (SSSR count). The second kappa shape index (κ2) is 9.36. The average molecular weight is 342 g/mol. The van der Waals surface area contributed by atoms with E-state index in [0.29, 0.717) is 26.1 Å². The Hall–Kier alpha value is -1.80. The highest BCUT2D eigenvalue weighted by atomic mass is 32.2. The van der Waals surface area contributed by atoms with Crippen LogP contribution in [0.25, 0.3) is 0 Å². The van der Waals surface area contributed by atoms with E-state index in [1.807, 2.05) is 36.2 Å². The third kappa shape index (κ3) is 7.85. The first kappa shape index (κ1) is 19.2. The summed E-state index contributed by atoms with van der Waals surface area (Å²) in [5.41, 5.74) is 1.15. The molecule has 0 radical (unpaired) electrons. The van der Waals surface area contributed by atoms with Crippen LogP contribution >= 0.6 is 0 Å². The molecular formula is C15H26N4O3S. The summed E-state index contributed by atoms with van der Waals surface area (Å²) in [4.78, 5) is 6.24. The average Bonchev–Trinajstić information content (AvgIpc) is 2.50. The van der Waals surface area contributed by atoms with Gasteiger partial charge in [-0.05, 0) is 24.1 Å². The Kier molecular flexibility index (Phi) is 7.84. The molecule has 7 nitrogen and oxygen atoms in total. The van der Waals surface area contributed by atoms with Crippen molar-refractivity contribution in [2.75, 3.05) is 40.6 Å². The third-order valence-corrected chi connectivity index (χ3v) is 3.88. The number of guanidine groups is 1. The number of nitrogens with zero attached hydrogens (tertiary/aromatic N) is 2. The number of hydrogen-bond acceptors (Lipinski definition) is 4. The molecule has 0 saturated heterocycles. The molecule has 0 aliphatic heterocycles. The molecule has 1 aromatic carbocycles. The van der Waals surface area contributed by atoms with Crippen LogP contribution in [0.2, 0.25) is 0 Å². The van der Waals surface area contributed by atoms with Crippen LogP contribution in [0.1, 0.15) is 12.0 Å². The number of nitrogens with one attached hydrogen (secondary N) is 2. The molecule has 0 aliphatic carbocycles. The minimum atomic E-state index is -3.12. The first-order valence-electron chi connectivity index (χ1n) is 7.35. The van der Waals surface area contributed by atoms with Crippen molar-refractivity contribution < 1.29 is 13.2 Å². The van der Waals surface area contributed by atoms with Crippen LogP contribution in [0.5, 0.6) is 5.75 Å². The topological polar surface area (TPSA) is 83.0 Å². The molecule has 0 unspecified atom stereocenters. The van der Waals surface area contributed by atoms with Crippen molar-refractivity contribution in [1.82, 2.24) is 14.9 Å². The van der Waals surface area contributed by atoms with Crippen LogP contribution in [0.4, 0.5) is 0 Å². The van der Waals surface area contributed by atoms with Crippen molar-refractivity contribution in [2.45, 2.75) is 13.0 Å². The standard InChI is InChI=1S/C15H26N4O3S/c1-16-15(17-10-5-11-18-23(4,20)21)19(2)12-13-6-8-14(22-3)9-7-13/h6-9,18H,5,10-12H2,1-4H3,(H,16,17). The van der Waals surface area contributed by atoms with Gasteiger partial charge >= 0.3 is 0 Å². The van der Waals surface area contributed by atoms with Gasteiger partial charge in [-0.3, -0.25) is 4.99 Å². The van der Waals surface area contributed by atoms with E-state index < -0.39 is 10.0 Å². The zero-order chi connectivity index (χ0) is 17.3. The minimum Gasteiger partial charge on any atom is -0.497 e. The number of hydrogen-bond donors (Lipinski definition) is 2. The van der Waals surface area contributed by atoms with E-state index in [1.54, 1.807) is 14.2 Å². The van der Waals surface area contributed by atoms with Crippen LogP contribution in [0, 0.1) is 0 Å². The summed E-state index contributed by atoms with van der Waals surface area (Å²) in [6.07, 6.45) is 1.84. The Bertz CT molecular complexity index is 600.